The number of carboxylic acid groups (broad SMARTS) is 2. The van der Waals surface area contributed by atoms with E-state index in [1.165, 1.54) is 0 Å². The van der Waals surface area contributed by atoms with E-state index in [1.807, 2.05) is 13.0 Å². The highest BCUT2D eigenvalue weighted by Crippen LogP contribution is 2.45. The fourth-order valence-electron chi connectivity index (χ4n) is 5.58. The normalized spacial score (nSPS) is 22.5. The Morgan fingerprint density at radius 2 is 1.05 bits per heavy atom. The van der Waals surface area contributed by atoms with E-state index in [0.29, 0.717) is 21.5 Å². The van der Waals surface area contributed by atoms with Gasteiger partial charge in [-0.25, -0.2) is 0 Å². The van der Waals surface area contributed by atoms with Crippen LogP contribution in [0.5, 0.6) is 11.5 Å². The summed E-state index contributed by atoms with van der Waals surface area (Å²) in [6.07, 6.45) is 8.13. The number of hydrogen-bond acceptors (Lipinski definition) is 6. The van der Waals surface area contributed by atoms with Crippen LogP contribution in [0.4, 0.5) is 0 Å². The first-order chi connectivity index (χ1) is 18.8. The molecule has 3 aromatic rings. The maximum atomic E-state index is 13.4. The van der Waals surface area contributed by atoms with Crippen molar-refractivity contribution in [1.82, 2.24) is 0 Å². The van der Waals surface area contributed by atoms with Crippen LogP contribution in [0, 0.1) is 30.6 Å². The molecule has 8 nitrogen and oxygen atoms in total. The van der Waals surface area contributed by atoms with Crippen LogP contribution in [0.3, 0.4) is 0 Å². The summed E-state index contributed by atoms with van der Waals surface area (Å²) < 4.78 is 12.0. The van der Waals surface area contributed by atoms with Crippen LogP contribution >= 0.6 is 0 Å². The monoisotopic (exact) mass is 528 g/mol. The van der Waals surface area contributed by atoms with E-state index in [1.54, 1.807) is 60.7 Å². The predicted octanol–water partition coefficient (Wildman–Crippen LogP) is 5.45. The van der Waals surface area contributed by atoms with Gasteiger partial charge in [-0.2, -0.15) is 0 Å². The minimum atomic E-state index is -1.05. The van der Waals surface area contributed by atoms with Crippen LogP contribution < -0.4 is 9.47 Å². The summed E-state index contributed by atoms with van der Waals surface area (Å²) in [5.74, 6) is -6.28. The summed E-state index contributed by atoms with van der Waals surface area (Å²) >= 11 is 0. The Kier molecular flexibility index (Phi) is 7.19. The van der Waals surface area contributed by atoms with Crippen molar-refractivity contribution in [2.75, 3.05) is 0 Å². The lowest BCUT2D eigenvalue weighted by molar-refractivity contribution is -0.152. The zero-order valence-corrected chi connectivity index (χ0v) is 21.3. The van der Waals surface area contributed by atoms with Gasteiger partial charge in [-0.1, -0.05) is 66.8 Å². The van der Waals surface area contributed by atoms with Crippen molar-refractivity contribution in [1.29, 1.82) is 0 Å². The van der Waals surface area contributed by atoms with Gasteiger partial charge in [0, 0.05) is 21.5 Å². The Hall–Kier alpha value is -4.46. The summed E-state index contributed by atoms with van der Waals surface area (Å²) in [6, 6.07) is 12.4. The van der Waals surface area contributed by atoms with Crippen molar-refractivity contribution in [2.45, 2.75) is 32.6 Å². The summed E-state index contributed by atoms with van der Waals surface area (Å²) in [5.41, 5.74) is 0.765. The molecule has 39 heavy (non-hydrogen) atoms. The maximum absolute atomic E-state index is 13.4. The van der Waals surface area contributed by atoms with Crippen molar-refractivity contribution in [2.24, 2.45) is 23.7 Å². The molecular weight excluding hydrogens is 500 g/mol. The van der Waals surface area contributed by atoms with Gasteiger partial charge in [-0.15, -0.1) is 0 Å². The third kappa shape index (κ3) is 4.90. The average Bonchev–Trinajstić information content (AvgIpc) is 2.94. The van der Waals surface area contributed by atoms with Gasteiger partial charge in [-0.3, -0.25) is 19.2 Å². The molecule has 2 aliphatic rings. The third-order valence-electron chi connectivity index (χ3n) is 7.67. The number of carbonyl (C=O) groups excluding carboxylic acids is 2. The fraction of sp³-hybridized carbons (Fsp3) is 0.290. The van der Waals surface area contributed by atoms with Crippen LogP contribution in [-0.4, -0.2) is 34.1 Å². The molecule has 0 aliphatic heterocycles. The molecule has 4 atom stereocenters. The number of allylic oxidation sites excluding steroid dienone is 4. The Balaban J connectivity index is 1.61. The Bertz CT molecular complexity index is 1550. The van der Waals surface area contributed by atoms with Crippen LogP contribution in [0.25, 0.3) is 21.5 Å². The molecule has 0 saturated carbocycles. The first-order valence-electron chi connectivity index (χ1n) is 12.9. The lowest BCUT2D eigenvalue weighted by atomic mass is 9.83. The van der Waals surface area contributed by atoms with E-state index in [2.05, 4.69) is 0 Å². The molecule has 0 bridgehead atoms. The molecule has 2 aliphatic carbocycles. The summed E-state index contributed by atoms with van der Waals surface area (Å²) in [5, 5.41) is 21.4. The summed E-state index contributed by atoms with van der Waals surface area (Å²) in [7, 11) is 0. The summed E-state index contributed by atoms with van der Waals surface area (Å²) in [4.78, 5) is 50.4. The molecular formula is C31H28O8. The highest BCUT2D eigenvalue weighted by molar-refractivity contribution is 6.14. The van der Waals surface area contributed by atoms with Crippen molar-refractivity contribution >= 4 is 45.4 Å². The van der Waals surface area contributed by atoms with Gasteiger partial charge < -0.3 is 19.7 Å². The van der Waals surface area contributed by atoms with Gasteiger partial charge in [-0.05, 0) is 38.2 Å². The van der Waals surface area contributed by atoms with Gasteiger partial charge >= 0.3 is 23.9 Å². The number of fused-ring (bicyclic) bond motifs is 2. The number of aliphatic carboxylic acids is 2. The lowest BCUT2D eigenvalue weighted by Crippen LogP contribution is -2.34. The van der Waals surface area contributed by atoms with Gasteiger partial charge in [0.25, 0.3) is 0 Å². The van der Waals surface area contributed by atoms with E-state index < -0.39 is 47.5 Å². The number of carbonyl (C=O) groups is 4. The number of rotatable bonds is 6. The maximum Gasteiger partial charge on any atom is 0.315 e. The van der Waals surface area contributed by atoms with E-state index in [9.17, 15) is 29.4 Å². The Morgan fingerprint density at radius 3 is 1.56 bits per heavy atom. The minimum absolute atomic E-state index is 0.248. The predicted molar refractivity (Wildman–Crippen MR) is 143 cm³/mol. The SMILES string of the molecule is Cc1cccc2c(OC(=O)C3CC=CCC3C(=O)O)c3ccccc3c(OC(=O)C3CC=CCC3C(=O)O)c12. The average molecular weight is 529 g/mol. The molecule has 0 saturated heterocycles. The molecule has 3 aromatic carbocycles. The Morgan fingerprint density at radius 1 is 0.615 bits per heavy atom. The number of benzene rings is 3. The smallest absolute Gasteiger partial charge is 0.315 e. The van der Waals surface area contributed by atoms with Gasteiger partial charge in [0.1, 0.15) is 11.5 Å². The highest BCUT2D eigenvalue weighted by atomic mass is 16.5. The topological polar surface area (TPSA) is 127 Å². The Labute approximate surface area is 224 Å². The second-order valence-corrected chi connectivity index (χ2v) is 10.0. The van der Waals surface area contributed by atoms with E-state index >= 15 is 0 Å². The molecule has 0 fully saturated rings. The minimum Gasteiger partial charge on any atom is -0.481 e. The second-order valence-electron chi connectivity index (χ2n) is 10.0. The van der Waals surface area contributed by atoms with Gasteiger partial charge in [0.2, 0.25) is 0 Å². The van der Waals surface area contributed by atoms with Crippen molar-refractivity contribution < 1.29 is 38.9 Å². The number of aryl methyl sites for hydroxylation is 1. The number of esters is 2. The summed E-state index contributed by atoms with van der Waals surface area (Å²) in [6.45, 7) is 1.84. The highest BCUT2D eigenvalue weighted by Gasteiger charge is 2.37. The first kappa shape index (κ1) is 26.2. The van der Waals surface area contributed by atoms with E-state index in [-0.39, 0.29) is 37.2 Å². The van der Waals surface area contributed by atoms with E-state index in [0.717, 1.165) is 5.56 Å². The first-order valence-corrected chi connectivity index (χ1v) is 12.9. The standard InChI is InChI=1S/C31H28O8/c1-17-9-8-16-24-25(17)27(39-31(37)23-15-7-5-13-21(23)29(34)35)19-11-3-2-10-18(19)26(24)38-30(36)22-14-6-4-12-20(22)28(32)33/h2-11,16,20-23H,12-15H2,1H3,(H,32,33)(H,34,35). The third-order valence-corrected chi connectivity index (χ3v) is 7.67. The van der Waals surface area contributed by atoms with Crippen LogP contribution in [0.1, 0.15) is 31.2 Å². The van der Waals surface area contributed by atoms with Gasteiger partial charge in [0.05, 0.1) is 23.7 Å². The fourth-order valence-corrected chi connectivity index (χ4v) is 5.58. The molecule has 2 N–H and O–H groups in total. The molecule has 4 unspecified atom stereocenters. The van der Waals surface area contributed by atoms with Crippen LogP contribution in [0.2, 0.25) is 0 Å². The second kappa shape index (κ2) is 10.7. The van der Waals surface area contributed by atoms with Crippen molar-refractivity contribution in [3.63, 3.8) is 0 Å². The molecule has 5 rings (SSSR count). The number of hydrogen-bond donors (Lipinski definition) is 2. The molecule has 0 radical (unpaired) electrons. The largest absolute Gasteiger partial charge is 0.481 e. The van der Waals surface area contributed by atoms with Crippen molar-refractivity contribution in [3.05, 3.63) is 72.3 Å². The van der Waals surface area contributed by atoms with Crippen molar-refractivity contribution in [3.8, 4) is 11.5 Å². The zero-order valence-electron chi connectivity index (χ0n) is 21.3. The van der Waals surface area contributed by atoms with Crippen LogP contribution in [-0.2, 0) is 19.2 Å². The zero-order chi connectivity index (χ0) is 27.7. The molecule has 0 amide bonds. The molecule has 0 heterocycles. The lowest BCUT2D eigenvalue weighted by Gasteiger charge is -2.26. The molecule has 0 aromatic heterocycles. The number of carboxylic acids is 2. The molecule has 200 valence electrons. The molecule has 0 spiro atoms. The molecule has 8 heteroatoms. The van der Waals surface area contributed by atoms with Crippen LogP contribution in [0.15, 0.2) is 66.8 Å². The quantitative estimate of drug-likeness (QED) is 0.187. The van der Waals surface area contributed by atoms with E-state index in [4.69, 9.17) is 9.47 Å². The van der Waals surface area contributed by atoms with Gasteiger partial charge in [0.15, 0.2) is 0 Å². The number of ether oxygens (including phenoxy) is 2.